The van der Waals surface area contributed by atoms with Crippen LogP contribution in [0.15, 0.2) is 24.3 Å². The standard InChI is InChI=1S/C14H18F3NS/c15-14(16,17)13-5-1-3-11(7-13)9-19-10-12-4-2-6-18-8-12/h1,3,5,7,12,18H,2,4,6,8-10H2. The maximum Gasteiger partial charge on any atom is 0.416 e. The van der Waals surface area contributed by atoms with Crippen molar-refractivity contribution in [3.63, 3.8) is 0 Å². The van der Waals surface area contributed by atoms with E-state index in [1.807, 2.05) is 0 Å². The Bertz CT molecular complexity index is 400. The predicted molar refractivity (Wildman–Crippen MR) is 73.2 cm³/mol. The van der Waals surface area contributed by atoms with E-state index in [1.54, 1.807) is 17.8 Å². The van der Waals surface area contributed by atoms with Gasteiger partial charge in [0.1, 0.15) is 0 Å². The lowest BCUT2D eigenvalue weighted by Gasteiger charge is -2.22. The summed E-state index contributed by atoms with van der Waals surface area (Å²) in [7, 11) is 0. The second kappa shape index (κ2) is 6.66. The summed E-state index contributed by atoms with van der Waals surface area (Å²) in [5.41, 5.74) is 0.202. The molecule has 2 rings (SSSR count). The molecule has 1 atom stereocenters. The van der Waals surface area contributed by atoms with Gasteiger partial charge in [-0.3, -0.25) is 0 Å². The van der Waals surface area contributed by atoms with Crippen LogP contribution in [0.4, 0.5) is 13.2 Å². The molecule has 0 aliphatic carbocycles. The third kappa shape index (κ3) is 4.73. The Balaban J connectivity index is 1.82. The highest BCUT2D eigenvalue weighted by Crippen LogP contribution is 2.30. The molecule has 1 aliphatic heterocycles. The molecule has 0 spiro atoms. The van der Waals surface area contributed by atoms with Crippen molar-refractivity contribution in [2.45, 2.75) is 24.8 Å². The van der Waals surface area contributed by atoms with Crippen LogP contribution in [0.5, 0.6) is 0 Å². The molecule has 0 bridgehead atoms. The lowest BCUT2D eigenvalue weighted by molar-refractivity contribution is -0.137. The van der Waals surface area contributed by atoms with E-state index >= 15 is 0 Å². The molecule has 19 heavy (non-hydrogen) atoms. The fraction of sp³-hybridized carbons (Fsp3) is 0.571. The zero-order valence-electron chi connectivity index (χ0n) is 10.7. The maximum atomic E-state index is 12.6. The smallest absolute Gasteiger partial charge is 0.316 e. The molecule has 1 unspecified atom stereocenters. The number of thioether (sulfide) groups is 1. The minimum absolute atomic E-state index is 0.551. The molecular formula is C14H18F3NS. The Labute approximate surface area is 116 Å². The number of piperidine rings is 1. The first kappa shape index (κ1) is 14.7. The van der Waals surface area contributed by atoms with Gasteiger partial charge in [-0.15, -0.1) is 0 Å². The molecular weight excluding hydrogens is 271 g/mol. The Kier molecular flexibility index (Phi) is 5.16. The average Bonchev–Trinajstić information content (AvgIpc) is 2.39. The molecule has 1 heterocycles. The third-order valence-electron chi connectivity index (χ3n) is 3.28. The van der Waals surface area contributed by atoms with E-state index in [1.165, 1.54) is 25.0 Å². The predicted octanol–water partition coefficient (Wildman–Crippen LogP) is 3.94. The van der Waals surface area contributed by atoms with E-state index in [0.717, 1.165) is 30.5 Å². The molecule has 0 amide bonds. The summed E-state index contributed by atoms with van der Waals surface area (Å²) in [5.74, 6) is 2.33. The summed E-state index contributed by atoms with van der Waals surface area (Å²) in [4.78, 5) is 0. The Morgan fingerprint density at radius 1 is 1.32 bits per heavy atom. The lowest BCUT2D eigenvalue weighted by atomic mass is 10.0. The van der Waals surface area contributed by atoms with Crippen molar-refractivity contribution in [2.75, 3.05) is 18.8 Å². The highest BCUT2D eigenvalue weighted by atomic mass is 32.2. The van der Waals surface area contributed by atoms with E-state index in [-0.39, 0.29) is 0 Å². The molecule has 106 valence electrons. The van der Waals surface area contributed by atoms with Crippen molar-refractivity contribution >= 4 is 11.8 Å². The quantitative estimate of drug-likeness (QED) is 0.901. The van der Waals surface area contributed by atoms with E-state index < -0.39 is 11.7 Å². The number of hydrogen-bond donors (Lipinski definition) is 1. The van der Waals surface area contributed by atoms with Crippen LogP contribution in [0, 0.1) is 5.92 Å². The summed E-state index contributed by atoms with van der Waals surface area (Å²) < 4.78 is 37.7. The van der Waals surface area contributed by atoms with E-state index in [2.05, 4.69) is 5.32 Å². The Morgan fingerprint density at radius 2 is 2.16 bits per heavy atom. The Hall–Kier alpha value is -0.680. The van der Waals surface area contributed by atoms with Crippen molar-refractivity contribution in [1.29, 1.82) is 0 Å². The van der Waals surface area contributed by atoms with Crippen LogP contribution in [-0.2, 0) is 11.9 Å². The van der Waals surface area contributed by atoms with Crippen LogP contribution in [-0.4, -0.2) is 18.8 Å². The molecule has 1 saturated heterocycles. The van der Waals surface area contributed by atoms with Crippen molar-refractivity contribution < 1.29 is 13.2 Å². The van der Waals surface area contributed by atoms with Gasteiger partial charge in [0.05, 0.1) is 5.56 Å². The summed E-state index contributed by atoms with van der Waals surface area (Å²) in [6.45, 7) is 2.13. The number of alkyl halides is 3. The molecule has 1 nitrogen and oxygen atoms in total. The summed E-state index contributed by atoms with van der Waals surface area (Å²) in [5, 5.41) is 3.35. The normalized spacial score (nSPS) is 20.5. The first-order chi connectivity index (χ1) is 9.05. The van der Waals surface area contributed by atoms with Crippen LogP contribution in [0.25, 0.3) is 0 Å². The number of benzene rings is 1. The molecule has 5 heteroatoms. The molecule has 1 N–H and O–H groups in total. The minimum Gasteiger partial charge on any atom is -0.316 e. The molecule has 1 aliphatic rings. The monoisotopic (exact) mass is 289 g/mol. The third-order valence-corrected chi connectivity index (χ3v) is 4.52. The van der Waals surface area contributed by atoms with Crippen LogP contribution in [0.1, 0.15) is 24.0 Å². The molecule has 1 aromatic carbocycles. The number of hydrogen-bond acceptors (Lipinski definition) is 2. The van der Waals surface area contributed by atoms with E-state index in [4.69, 9.17) is 0 Å². The summed E-state index contributed by atoms with van der Waals surface area (Å²) in [6.07, 6.45) is -1.81. The van der Waals surface area contributed by atoms with Gasteiger partial charge in [-0.1, -0.05) is 18.2 Å². The maximum absolute atomic E-state index is 12.6. The second-order valence-corrected chi connectivity index (χ2v) is 5.96. The Morgan fingerprint density at radius 3 is 2.84 bits per heavy atom. The molecule has 0 aromatic heterocycles. The SMILES string of the molecule is FC(F)(F)c1cccc(CSCC2CCCNC2)c1. The highest BCUT2D eigenvalue weighted by molar-refractivity contribution is 7.98. The van der Waals surface area contributed by atoms with Crippen molar-refractivity contribution in [2.24, 2.45) is 5.92 Å². The average molecular weight is 289 g/mol. The van der Waals surface area contributed by atoms with Gasteiger partial charge in [0.25, 0.3) is 0 Å². The van der Waals surface area contributed by atoms with Gasteiger partial charge >= 0.3 is 6.18 Å². The second-order valence-electron chi connectivity index (χ2n) is 4.93. The van der Waals surface area contributed by atoms with Crippen molar-refractivity contribution in [3.8, 4) is 0 Å². The minimum atomic E-state index is -4.24. The molecule has 1 aromatic rings. The largest absolute Gasteiger partial charge is 0.416 e. The van der Waals surface area contributed by atoms with Crippen LogP contribution < -0.4 is 5.32 Å². The summed E-state index contributed by atoms with van der Waals surface area (Å²) >= 11 is 1.72. The van der Waals surface area contributed by atoms with Crippen LogP contribution in [0.2, 0.25) is 0 Å². The molecule has 1 fully saturated rings. The first-order valence-electron chi connectivity index (χ1n) is 6.50. The summed E-state index contributed by atoms with van der Waals surface area (Å²) in [6, 6.07) is 5.63. The number of halogens is 3. The molecule has 0 radical (unpaired) electrons. The van der Waals surface area contributed by atoms with Gasteiger partial charge in [0.15, 0.2) is 0 Å². The fourth-order valence-electron chi connectivity index (χ4n) is 2.25. The topological polar surface area (TPSA) is 12.0 Å². The first-order valence-corrected chi connectivity index (χ1v) is 7.66. The van der Waals surface area contributed by atoms with Gasteiger partial charge in [-0.25, -0.2) is 0 Å². The van der Waals surface area contributed by atoms with Gasteiger partial charge in [-0.2, -0.15) is 24.9 Å². The van der Waals surface area contributed by atoms with Crippen LogP contribution >= 0.6 is 11.8 Å². The van der Waals surface area contributed by atoms with Crippen molar-refractivity contribution in [1.82, 2.24) is 5.32 Å². The highest BCUT2D eigenvalue weighted by Gasteiger charge is 2.30. The van der Waals surface area contributed by atoms with Gasteiger partial charge < -0.3 is 5.32 Å². The number of rotatable bonds is 4. The van der Waals surface area contributed by atoms with E-state index in [9.17, 15) is 13.2 Å². The van der Waals surface area contributed by atoms with Crippen LogP contribution in [0.3, 0.4) is 0 Å². The van der Waals surface area contributed by atoms with E-state index in [0.29, 0.717) is 11.7 Å². The lowest BCUT2D eigenvalue weighted by Crippen LogP contribution is -2.30. The molecule has 0 saturated carbocycles. The van der Waals surface area contributed by atoms with Gasteiger partial charge in [-0.05, 0) is 49.2 Å². The van der Waals surface area contributed by atoms with Gasteiger partial charge in [0, 0.05) is 5.75 Å². The van der Waals surface area contributed by atoms with Crippen molar-refractivity contribution in [3.05, 3.63) is 35.4 Å². The zero-order valence-corrected chi connectivity index (χ0v) is 11.5. The number of nitrogens with one attached hydrogen (secondary N) is 1. The zero-order chi connectivity index (χ0) is 13.7. The fourth-order valence-corrected chi connectivity index (χ4v) is 3.40. The van der Waals surface area contributed by atoms with Gasteiger partial charge in [0.2, 0.25) is 0 Å².